The number of aromatic nitrogens is 2. The van der Waals surface area contributed by atoms with Crippen LogP contribution in [0.1, 0.15) is 0 Å². The number of hydrogen-bond acceptors (Lipinski definition) is 1. The van der Waals surface area contributed by atoms with Gasteiger partial charge in [-0.1, -0.05) is 48.5 Å². The maximum atomic E-state index is 4.46. The van der Waals surface area contributed by atoms with Crippen LogP contribution in [-0.2, 0) is 0 Å². The topological polar surface area (TPSA) is 17.8 Å². The average molecular weight is 244 g/mol. The first-order chi connectivity index (χ1) is 9.43. The summed E-state index contributed by atoms with van der Waals surface area (Å²) in [6.45, 7) is 0. The molecule has 90 valence electrons. The Morgan fingerprint density at radius 3 is 2.53 bits per heavy atom. The highest BCUT2D eigenvalue weighted by Crippen LogP contribution is 2.25. The summed E-state index contributed by atoms with van der Waals surface area (Å²) < 4.78 is 2.15. The van der Waals surface area contributed by atoms with Gasteiger partial charge in [0.1, 0.15) is 6.33 Å². The van der Waals surface area contributed by atoms with Gasteiger partial charge in [0.05, 0.1) is 16.7 Å². The van der Waals surface area contributed by atoms with Gasteiger partial charge in [0.15, 0.2) is 0 Å². The van der Waals surface area contributed by atoms with Crippen LogP contribution >= 0.6 is 0 Å². The van der Waals surface area contributed by atoms with E-state index in [9.17, 15) is 0 Å². The molecule has 2 heteroatoms. The van der Waals surface area contributed by atoms with E-state index < -0.39 is 0 Å². The average Bonchev–Trinajstić information content (AvgIpc) is 2.90. The lowest BCUT2D eigenvalue weighted by Gasteiger charge is -2.08. The van der Waals surface area contributed by atoms with Crippen molar-refractivity contribution < 1.29 is 0 Å². The molecule has 0 N–H and O–H groups in total. The summed E-state index contributed by atoms with van der Waals surface area (Å²) in [5, 5.41) is 2.49. The minimum absolute atomic E-state index is 1.02. The Balaban J connectivity index is 2.10. The minimum atomic E-state index is 1.02. The zero-order valence-electron chi connectivity index (χ0n) is 10.3. The Bertz CT molecular complexity index is 869. The van der Waals surface area contributed by atoms with E-state index in [4.69, 9.17) is 0 Å². The number of rotatable bonds is 1. The first-order valence-corrected chi connectivity index (χ1v) is 6.34. The second-order valence-corrected chi connectivity index (χ2v) is 4.60. The molecule has 0 amide bonds. The van der Waals surface area contributed by atoms with Gasteiger partial charge in [-0.05, 0) is 23.6 Å². The number of fused-ring (bicyclic) bond motifs is 2. The minimum Gasteiger partial charge on any atom is -0.298 e. The molecule has 1 heterocycles. The molecule has 0 fully saturated rings. The fraction of sp³-hybridized carbons (Fsp3) is 0. The molecule has 4 rings (SSSR count). The second kappa shape index (κ2) is 3.95. The van der Waals surface area contributed by atoms with Crippen molar-refractivity contribution in [2.24, 2.45) is 0 Å². The molecule has 0 atom stereocenters. The van der Waals surface area contributed by atoms with Crippen LogP contribution in [0, 0.1) is 0 Å². The molecule has 1 aromatic heterocycles. The monoisotopic (exact) mass is 244 g/mol. The Morgan fingerprint density at radius 1 is 0.737 bits per heavy atom. The SMILES string of the molecule is c1ccc2c(-n3cnc4ccccc43)cccc2c1. The Kier molecular flexibility index (Phi) is 2.15. The third kappa shape index (κ3) is 1.54. The molecule has 19 heavy (non-hydrogen) atoms. The highest BCUT2D eigenvalue weighted by molar-refractivity contribution is 5.92. The number of imidazole rings is 1. The molecule has 0 radical (unpaired) electrons. The molecule has 0 aliphatic heterocycles. The fourth-order valence-electron chi connectivity index (χ4n) is 2.57. The van der Waals surface area contributed by atoms with Crippen LogP contribution in [0.5, 0.6) is 0 Å². The van der Waals surface area contributed by atoms with E-state index in [1.807, 2.05) is 24.5 Å². The number of para-hydroxylation sites is 2. The van der Waals surface area contributed by atoms with Crippen LogP contribution in [0.25, 0.3) is 27.5 Å². The highest BCUT2D eigenvalue weighted by Gasteiger charge is 2.06. The van der Waals surface area contributed by atoms with Crippen LogP contribution in [-0.4, -0.2) is 9.55 Å². The van der Waals surface area contributed by atoms with Crippen molar-refractivity contribution in [1.29, 1.82) is 0 Å². The molecule has 3 aromatic carbocycles. The zero-order valence-corrected chi connectivity index (χ0v) is 10.3. The largest absolute Gasteiger partial charge is 0.298 e. The lowest BCUT2D eigenvalue weighted by Crippen LogP contribution is -1.92. The van der Waals surface area contributed by atoms with Gasteiger partial charge in [-0.3, -0.25) is 4.57 Å². The van der Waals surface area contributed by atoms with Gasteiger partial charge < -0.3 is 0 Å². The van der Waals surface area contributed by atoms with Crippen molar-refractivity contribution in [3.63, 3.8) is 0 Å². The van der Waals surface area contributed by atoms with Crippen LogP contribution in [0.2, 0.25) is 0 Å². The Labute approximate surface area is 110 Å². The molecule has 0 saturated heterocycles. The number of benzene rings is 3. The van der Waals surface area contributed by atoms with E-state index >= 15 is 0 Å². The van der Waals surface area contributed by atoms with Gasteiger partial charge >= 0.3 is 0 Å². The van der Waals surface area contributed by atoms with E-state index in [1.54, 1.807) is 0 Å². The summed E-state index contributed by atoms with van der Waals surface area (Å²) in [4.78, 5) is 4.46. The van der Waals surface area contributed by atoms with Gasteiger partial charge in [-0.2, -0.15) is 0 Å². The van der Waals surface area contributed by atoms with E-state index in [0.717, 1.165) is 11.0 Å². The molecular weight excluding hydrogens is 232 g/mol. The summed E-state index contributed by atoms with van der Waals surface area (Å²) in [6, 6.07) is 23.0. The van der Waals surface area contributed by atoms with Crippen molar-refractivity contribution in [3.05, 3.63) is 73.1 Å². The quantitative estimate of drug-likeness (QED) is 0.491. The van der Waals surface area contributed by atoms with Crippen LogP contribution in [0.4, 0.5) is 0 Å². The van der Waals surface area contributed by atoms with E-state index in [2.05, 4.69) is 58.1 Å². The van der Waals surface area contributed by atoms with Crippen molar-refractivity contribution in [3.8, 4) is 5.69 Å². The Morgan fingerprint density at radius 2 is 1.53 bits per heavy atom. The maximum Gasteiger partial charge on any atom is 0.100 e. The smallest absolute Gasteiger partial charge is 0.100 e. The molecule has 0 aliphatic rings. The summed E-state index contributed by atoms with van der Waals surface area (Å²) in [6.07, 6.45) is 1.90. The van der Waals surface area contributed by atoms with E-state index in [-0.39, 0.29) is 0 Å². The second-order valence-electron chi connectivity index (χ2n) is 4.60. The maximum absolute atomic E-state index is 4.46. The highest BCUT2D eigenvalue weighted by atomic mass is 15.0. The molecule has 4 aromatic rings. The van der Waals surface area contributed by atoms with Gasteiger partial charge in [0.25, 0.3) is 0 Å². The van der Waals surface area contributed by atoms with Gasteiger partial charge in [0, 0.05) is 5.39 Å². The predicted molar refractivity (Wildman–Crippen MR) is 78.6 cm³/mol. The van der Waals surface area contributed by atoms with Gasteiger partial charge in [-0.25, -0.2) is 4.98 Å². The molecule has 0 saturated carbocycles. The summed E-state index contributed by atoms with van der Waals surface area (Å²) in [7, 11) is 0. The van der Waals surface area contributed by atoms with E-state index in [0.29, 0.717) is 0 Å². The lowest BCUT2D eigenvalue weighted by atomic mass is 10.1. The summed E-state index contributed by atoms with van der Waals surface area (Å²) in [5.41, 5.74) is 3.33. The van der Waals surface area contributed by atoms with Crippen molar-refractivity contribution in [2.75, 3.05) is 0 Å². The van der Waals surface area contributed by atoms with Gasteiger partial charge in [0.2, 0.25) is 0 Å². The summed E-state index contributed by atoms with van der Waals surface area (Å²) in [5.74, 6) is 0. The van der Waals surface area contributed by atoms with Crippen molar-refractivity contribution in [2.45, 2.75) is 0 Å². The van der Waals surface area contributed by atoms with E-state index in [1.165, 1.54) is 16.5 Å². The zero-order chi connectivity index (χ0) is 12.7. The first-order valence-electron chi connectivity index (χ1n) is 6.34. The lowest BCUT2D eigenvalue weighted by molar-refractivity contribution is 1.10. The third-order valence-electron chi connectivity index (χ3n) is 3.48. The third-order valence-corrected chi connectivity index (χ3v) is 3.48. The molecule has 0 aliphatic carbocycles. The van der Waals surface area contributed by atoms with Crippen LogP contribution in [0.15, 0.2) is 73.1 Å². The molecule has 0 bridgehead atoms. The van der Waals surface area contributed by atoms with Crippen LogP contribution in [0.3, 0.4) is 0 Å². The number of nitrogens with zero attached hydrogens (tertiary/aromatic N) is 2. The van der Waals surface area contributed by atoms with Crippen molar-refractivity contribution in [1.82, 2.24) is 9.55 Å². The normalized spacial score (nSPS) is 11.2. The predicted octanol–water partition coefficient (Wildman–Crippen LogP) is 4.18. The molecular formula is C17H12N2. The summed E-state index contributed by atoms with van der Waals surface area (Å²) >= 11 is 0. The van der Waals surface area contributed by atoms with Crippen molar-refractivity contribution >= 4 is 21.8 Å². The Hall–Kier alpha value is -2.61. The number of hydrogen-bond donors (Lipinski definition) is 0. The fourth-order valence-corrected chi connectivity index (χ4v) is 2.57. The molecule has 2 nitrogen and oxygen atoms in total. The molecule has 0 spiro atoms. The van der Waals surface area contributed by atoms with Gasteiger partial charge in [-0.15, -0.1) is 0 Å². The molecule has 0 unspecified atom stereocenters. The standard InChI is InChI=1S/C17H12N2/c1-2-8-14-13(6-1)7-5-11-16(14)19-12-18-15-9-3-4-10-17(15)19/h1-12H. The first kappa shape index (κ1) is 10.3. The van der Waals surface area contributed by atoms with Crippen LogP contribution < -0.4 is 0 Å².